The van der Waals surface area contributed by atoms with Crippen LogP contribution in [0.15, 0.2) is 0 Å². The van der Waals surface area contributed by atoms with E-state index in [9.17, 15) is 0 Å². The Morgan fingerprint density at radius 1 is 1.09 bits per heavy atom. The molecule has 11 heavy (non-hydrogen) atoms. The molecule has 0 saturated heterocycles. The van der Waals surface area contributed by atoms with Crippen LogP contribution in [0.25, 0.3) is 0 Å². The summed E-state index contributed by atoms with van der Waals surface area (Å²) in [4.78, 5) is 0. The second kappa shape index (κ2) is 10.5. The second-order valence-electron chi connectivity index (χ2n) is 1.67. The van der Waals surface area contributed by atoms with Crippen LogP contribution in [0.1, 0.15) is 13.8 Å². The van der Waals surface area contributed by atoms with Gasteiger partial charge in [0.1, 0.15) is 11.1 Å². The van der Waals surface area contributed by atoms with E-state index in [1.807, 2.05) is 0 Å². The molecule has 5 heteroatoms. The first kappa shape index (κ1) is 14.0. The number of aliphatic hydroxyl groups is 2. The summed E-state index contributed by atoms with van der Waals surface area (Å²) in [5, 5.41) is 15.2. The van der Waals surface area contributed by atoms with Crippen molar-refractivity contribution < 1.29 is 14.9 Å². The molecule has 0 aliphatic heterocycles. The number of rotatable bonds is 3. The molecule has 0 amide bonds. The molecule has 2 atom stereocenters. The maximum Gasteiger partial charge on any atom is 0.130 e. The van der Waals surface area contributed by atoms with Crippen molar-refractivity contribution in [2.45, 2.75) is 25.0 Å². The minimum absolute atomic E-state index is 0.125. The molecule has 0 aromatic rings. The van der Waals surface area contributed by atoms with Crippen molar-refractivity contribution in [3.8, 4) is 0 Å². The van der Waals surface area contributed by atoms with Gasteiger partial charge in [0.05, 0.1) is 13.2 Å². The monoisotopic (exact) mass is 204 g/mol. The summed E-state index contributed by atoms with van der Waals surface area (Å²) in [5.74, 6) is 0. The smallest absolute Gasteiger partial charge is 0.130 e. The van der Waals surface area contributed by atoms with Crippen LogP contribution in [0.2, 0.25) is 0 Å². The highest BCUT2D eigenvalue weighted by Gasteiger charge is 1.98. The summed E-state index contributed by atoms with van der Waals surface area (Å²) in [6, 6.07) is 0. The summed E-state index contributed by atoms with van der Waals surface area (Å²) in [6.45, 7) is 3.20. The van der Waals surface area contributed by atoms with E-state index < -0.39 is 0 Å². The van der Waals surface area contributed by atoms with Crippen molar-refractivity contribution >= 4 is 23.2 Å². The van der Waals surface area contributed by atoms with Crippen LogP contribution in [0.3, 0.4) is 0 Å². The lowest BCUT2D eigenvalue weighted by atomic mass is 10.8. The predicted molar refractivity (Wildman–Crippen MR) is 45.9 cm³/mol. The van der Waals surface area contributed by atoms with E-state index in [2.05, 4.69) is 0 Å². The van der Waals surface area contributed by atoms with Gasteiger partial charge in [-0.1, -0.05) is 23.2 Å². The third kappa shape index (κ3) is 25.1. The number of hydrogen-bond donors (Lipinski definition) is 2. The van der Waals surface area contributed by atoms with Crippen LogP contribution in [0.4, 0.5) is 0 Å². The van der Waals surface area contributed by atoms with E-state index in [0.29, 0.717) is 0 Å². The van der Waals surface area contributed by atoms with Crippen molar-refractivity contribution in [3.05, 3.63) is 0 Å². The molecule has 0 rings (SSSR count). The number of ether oxygens (including phenoxy) is 1. The van der Waals surface area contributed by atoms with Crippen LogP contribution in [0, 0.1) is 0 Å². The topological polar surface area (TPSA) is 49.7 Å². The van der Waals surface area contributed by atoms with Gasteiger partial charge in [0.2, 0.25) is 0 Å². The van der Waals surface area contributed by atoms with Gasteiger partial charge in [-0.3, -0.25) is 0 Å². The molecule has 0 radical (unpaired) electrons. The van der Waals surface area contributed by atoms with Crippen LogP contribution in [-0.4, -0.2) is 34.6 Å². The average molecular weight is 205 g/mol. The van der Waals surface area contributed by atoms with Gasteiger partial charge in [-0.05, 0) is 13.8 Å². The van der Waals surface area contributed by atoms with Crippen molar-refractivity contribution in [3.63, 3.8) is 0 Å². The van der Waals surface area contributed by atoms with Crippen molar-refractivity contribution in [2.24, 2.45) is 0 Å². The first-order valence-corrected chi connectivity index (χ1v) is 4.07. The van der Waals surface area contributed by atoms with Gasteiger partial charge in [0.15, 0.2) is 0 Å². The molecule has 0 aromatic carbocycles. The summed E-state index contributed by atoms with van der Waals surface area (Å²) < 4.78 is 4.78. The first-order chi connectivity index (χ1) is 5.04. The van der Waals surface area contributed by atoms with E-state index in [4.69, 9.17) is 38.2 Å². The van der Waals surface area contributed by atoms with E-state index >= 15 is 0 Å². The molecular formula is C6H14Cl2O3. The molecule has 0 aromatic heterocycles. The zero-order chi connectivity index (χ0) is 9.28. The molecular weight excluding hydrogens is 191 g/mol. The lowest BCUT2D eigenvalue weighted by Gasteiger charge is -2.05. The fraction of sp³-hybridized carbons (Fsp3) is 1.00. The Kier molecular flexibility index (Phi) is 13.3. The van der Waals surface area contributed by atoms with Gasteiger partial charge in [0, 0.05) is 0 Å². The minimum atomic E-state index is -0.285. The Morgan fingerprint density at radius 3 is 1.36 bits per heavy atom. The average Bonchev–Trinajstić information content (AvgIpc) is 1.85. The third-order valence-electron chi connectivity index (χ3n) is 0.475. The van der Waals surface area contributed by atoms with E-state index in [0.717, 1.165) is 0 Å². The van der Waals surface area contributed by atoms with Gasteiger partial charge in [-0.2, -0.15) is 0 Å². The van der Waals surface area contributed by atoms with Crippen molar-refractivity contribution in [1.29, 1.82) is 0 Å². The Balaban J connectivity index is 0. The van der Waals surface area contributed by atoms with Gasteiger partial charge in [-0.15, -0.1) is 0 Å². The summed E-state index contributed by atoms with van der Waals surface area (Å²) in [7, 11) is 0. The molecule has 2 N–H and O–H groups in total. The molecule has 0 fully saturated rings. The van der Waals surface area contributed by atoms with Gasteiger partial charge < -0.3 is 14.9 Å². The Hall–Kier alpha value is 0.460. The van der Waals surface area contributed by atoms with E-state index in [1.165, 1.54) is 0 Å². The zero-order valence-corrected chi connectivity index (χ0v) is 8.14. The number of halogens is 2. The largest absolute Gasteiger partial charge is 0.394 e. The fourth-order valence-electron chi connectivity index (χ4n) is 0.258. The molecule has 0 aliphatic rings. The summed E-state index contributed by atoms with van der Waals surface area (Å²) in [5.41, 5.74) is -0.569. The van der Waals surface area contributed by atoms with Gasteiger partial charge in [-0.25, -0.2) is 0 Å². The fourth-order valence-corrected chi connectivity index (χ4v) is 0.620. The highest BCUT2D eigenvalue weighted by molar-refractivity contribution is 6.21. The quantitative estimate of drug-likeness (QED) is 0.679. The molecule has 0 heterocycles. The van der Waals surface area contributed by atoms with E-state index in [-0.39, 0.29) is 24.3 Å². The van der Waals surface area contributed by atoms with Crippen molar-refractivity contribution in [1.82, 2.24) is 0 Å². The van der Waals surface area contributed by atoms with Crippen LogP contribution in [-0.2, 0) is 4.74 Å². The molecule has 0 spiro atoms. The van der Waals surface area contributed by atoms with E-state index in [1.54, 1.807) is 13.8 Å². The SMILES string of the molecule is CC(Cl)OC(C)Cl.OCCO. The van der Waals surface area contributed by atoms with Gasteiger partial charge in [0.25, 0.3) is 0 Å². The Morgan fingerprint density at radius 2 is 1.36 bits per heavy atom. The summed E-state index contributed by atoms with van der Waals surface area (Å²) >= 11 is 10.7. The minimum Gasteiger partial charge on any atom is -0.394 e. The predicted octanol–water partition coefficient (Wildman–Crippen LogP) is 1.14. The molecule has 2 unspecified atom stereocenters. The lowest BCUT2D eigenvalue weighted by molar-refractivity contribution is 0.104. The normalized spacial score (nSPS) is 14.7. The maximum atomic E-state index is 7.62. The Bertz CT molecular complexity index is 60.8. The summed E-state index contributed by atoms with van der Waals surface area (Å²) in [6.07, 6.45) is 0. The number of aliphatic hydroxyl groups excluding tert-OH is 2. The molecule has 70 valence electrons. The van der Waals surface area contributed by atoms with Gasteiger partial charge >= 0.3 is 0 Å². The Labute approximate surface area is 76.9 Å². The second-order valence-corrected chi connectivity index (χ2v) is 2.90. The molecule has 0 bridgehead atoms. The van der Waals surface area contributed by atoms with Crippen LogP contribution in [0.5, 0.6) is 0 Å². The standard InChI is InChI=1S/C4H8Cl2O.C2H6O2/c1-3(5)7-4(2)6;3-1-2-4/h3-4H,1-2H3;3-4H,1-2H2. The zero-order valence-electron chi connectivity index (χ0n) is 6.63. The van der Waals surface area contributed by atoms with Crippen LogP contribution >= 0.6 is 23.2 Å². The van der Waals surface area contributed by atoms with Crippen LogP contribution < -0.4 is 0 Å². The highest BCUT2D eigenvalue weighted by atomic mass is 35.5. The third-order valence-corrected chi connectivity index (χ3v) is 0.681. The lowest BCUT2D eigenvalue weighted by Crippen LogP contribution is -2.04. The molecule has 3 nitrogen and oxygen atoms in total. The van der Waals surface area contributed by atoms with Crippen molar-refractivity contribution in [2.75, 3.05) is 13.2 Å². The highest BCUT2D eigenvalue weighted by Crippen LogP contribution is 2.03. The number of hydrogen-bond acceptors (Lipinski definition) is 3. The maximum absolute atomic E-state index is 7.62. The molecule has 0 aliphatic carbocycles. The first-order valence-electron chi connectivity index (χ1n) is 3.19. The molecule has 0 saturated carbocycles. The number of alkyl halides is 2.